The lowest BCUT2D eigenvalue weighted by molar-refractivity contribution is 0.0986. The number of hydrogen-bond acceptors (Lipinski definition) is 2. The van der Waals surface area contributed by atoms with Gasteiger partial charge in [-0.2, -0.15) is 0 Å². The van der Waals surface area contributed by atoms with Crippen molar-refractivity contribution in [3.05, 3.63) is 59.4 Å². The number of carbonyl (C=O) groups excluding carboxylic acids is 1. The highest BCUT2D eigenvalue weighted by Gasteiger charge is 2.19. The van der Waals surface area contributed by atoms with E-state index in [0.717, 1.165) is 18.5 Å². The molecule has 1 aromatic carbocycles. The Balaban J connectivity index is 2.32. The van der Waals surface area contributed by atoms with Gasteiger partial charge in [-0.3, -0.25) is 4.79 Å². The number of anilines is 1. The molecule has 4 heteroatoms. The smallest absolute Gasteiger partial charge is 0.261 e. The number of para-hydroxylation sites is 1. The average Bonchev–Trinajstić information content (AvgIpc) is 2.49. The summed E-state index contributed by atoms with van der Waals surface area (Å²) >= 11 is 6.03. The summed E-state index contributed by atoms with van der Waals surface area (Å²) in [6.07, 6.45) is 3.55. The fraction of sp³-hybridized carbons (Fsp3) is 0.250. The highest BCUT2D eigenvalue weighted by atomic mass is 35.5. The number of unbranched alkanes of at least 4 members (excludes halogenated alkanes) is 1. The van der Waals surface area contributed by atoms with Crippen LogP contribution in [0.5, 0.6) is 0 Å². The maximum atomic E-state index is 12.7. The molecule has 1 aromatic heterocycles. The number of hydrogen-bond donors (Lipinski definition) is 0. The first-order valence-corrected chi connectivity index (χ1v) is 7.09. The van der Waals surface area contributed by atoms with Gasteiger partial charge in [-0.15, -0.1) is 0 Å². The molecule has 0 aliphatic heterocycles. The summed E-state index contributed by atoms with van der Waals surface area (Å²) in [7, 11) is 0. The quantitative estimate of drug-likeness (QED) is 0.773. The second-order valence-electron chi connectivity index (χ2n) is 4.49. The van der Waals surface area contributed by atoms with Crippen molar-refractivity contribution in [1.29, 1.82) is 0 Å². The summed E-state index contributed by atoms with van der Waals surface area (Å²) in [5, 5.41) is 0.245. The maximum Gasteiger partial charge on any atom is 0.261 e. The van der Waals surface area contributed by atoms with Gasteiger partial charge in [0.1, 0.15) is 5.15 Å². The van der Waals surface area contributed by atoms with Crippen molar-refractivity contribution in [3.8, 4) is 0 Å². The molecule has 2 rings (SSSR count). The van der Waals surface area contributed by atoms with Crippen molar-refractivity contribution in [2.45, 2.75) is 19.8 Å². The molecular weight excluding hydrogens is 272 g/mol. The minimum Gasteiger partial charge on any atom is -0.308 e. The Hall–Kier alpha value is -1.87. The molecule has 0 saturated heterocycles. The topological polar surface area (TPSA) is 33.2 Å². The number of amides is 1. The molecule has 0 saturated carbocycles. The van der Waals surface area contributed by atoms with Crippen LogP contribution in [0.25, 0.3) is 0 Å². The van der Waals surface area contributed by atoms with E-state index in [-0.39, 0.29) is 11.1 Å². The zero-order chi connectivity index (χ0) is 14.4. The van der Waals surface area contributed by atoms with E-state index in [4.69, 9.17) is 11.6 Å². The monoisotopic (exact) mass is 288 g/mol. The molecule has 104 valence electrons. The molecule has 0 atom stereocenters. The number of rotatable bonds is 5. The first-order chi connectivity index (χ1) is 9.74. The standard InChI is InChI=1S/C16H17ClN2O/c1-2-3-12-19(13-8-5-4-6-9-13)16(20)14-10-7-11-18-15(14)17/h4-11H,2-3,12H2,1H3. The summed E-state index contributed by atoms with van der Waals surface area (Å²) in [6, 6.07) is 13.1. The van der Waals surface area contributed by atoms with Crippen LogP contribution in [0.1, 0.15) is 30.1 Å². The molecule has 2 aromatic rings. The summed E-state index contributed by atoms with van der Waals surface area (Å²) in [6.45, 7) is 2.77. The Morgan fingerprint density at radius 1 is 1.20 bits per heavy atom. The lowest BCUT2D eigenvalue weighted by Crippen LogP contribution is -2.32. The van der Waals surface area contributed by atoms with Crippen molar-refractivity contribution in [1.82, 2.24) is 4.98 Å². The normalized spacial score (nSPS) is 10.3. The predicted molar refractivity (Wildman–Crippen MR) is 82.3 cm³/mol. The summed E-state index contributed by atoms with van der Waals surface area (Å²) in [5.74, 6) is -0.109. The van der Waals surface area contributed by atoms with E-state index >= 15 is 0 Å². The molecule has 0 aliphatic carbocycles. The Labute approximate surface area is 124 Å². The Morgan fingerprint density at radius 3 is 2.60 bits per heavy atom. The fourth-order valence-electron chi connectivity index (χ4n) is 1.96. The van der Waals surface area contributed by atoms with Gasteiger partial charge < -0.3 is 4.90 Å². The number of aromatic nitrogens is 1. The van der Waals surface area contributed by atoms with Crippen molar-refractivity contribution in [2.75, 3.05) is 11.4 Å². The summed E-state index contributed by atoms with van der Waals surface area (Å²) in [4.78, 5) is 18.4. The van der Waals surface area contributed by atoms with Crippen molar-refractivity contribution < 1.29 is 4.79 Å². The van der Waals surface area contributed by atoms with Gasteiger partial charge in [0, 0.05) is 18.4 Å². The number of halogens is 1. The van der Waals surface area contributed by atoms with Gasteiger partial charge in [-0.1, -0.05) is 43.1 Å². The fourth-order valence-corrected chi connectivity index (χ4v) is 2.16. The van der Waals surface area contributed by atoms with Crippen molar-refractivity contribution >= 4 is 23.2 Å². The van der Waals surface area contributed by atoms with Crippen LogP contribution in [-0.4, -0.2) is 17.4 Å². The largest absolute Gasteiger partial charge is 0.308 e. The lowest BCUT2D eigenvalue weighted by Gasteiger charge is -2.23. The Bertz CT molecular complexity index is 572. The van der Waals surface area contributed by atoms with Gasteiger partial charge in [0.2, 0.25) is 0 Å². The van der Waals surface area contributed by atoms with Gasteiger partial charge in [0.15, 0.2) is 0 Å². The van der Waals surface area contributed by atoms with Crippen LogP contribution in [0.3, 0.4) is 0 Å². The number of benzene rings is 1. The minimum atomic E-state index is -0.109. The Morgan fingerprint density at radius 2 is 1.95 bits per heavy atom. The van der Waals surface area contributed by atoms with E-state index in [1.165, 1.54) is 0 Å². The summed E-state index contributed by atoms with van der Waals surface area (Å²) < 4.78 is 0. The molecule has 0 radical (unpaired) electrons. The van der Waals surface area contributed by atoms with Crippen LogP contribution >= 0.6 is 11.6 Å². The van der Waals surface area contributed by atoms with E-state index < -0.39 is 0 Å². The van der Waals surface area contributed by atoms with Gasteiger partial charge in [0.25, 0.3) is 5.91 Å². The molecule has 0 unspecified atom stereocenters. The van der Waals surface area contributed by atoms with Crippen LogP contribution in [0.15, 0.2) is 48.7 Å². The van der Waals surface area contributed by atoms with Crippen LogP contribution in [0.2, 0.25) is 5.15 Å². The summed E-state index contributed by atoms with van der Waals surface area (Å²) in [5.41, 5.74) is 1.32. The molecule has 20 heavy (non-hydrogen) atoms. The van der Waals surface area contributed by atoms with Crippen LogP contribution in [0, 0.1) is 0 Å². The molecule has 1 amide bonds. The zero-order valence-corrected chi connectivity index (χ0v) is 12.2. The van der Waals surface area contributed by atoms with Gasteiger partial charge in [-0.05, 0) is 30.7 Å². The van der Waals surface area contributed by atoms with Crippen LogP contribution in [-0.2, 0) is 0 Å². The van der Waals surface area contributed by atoms with Gasteiger partial charge in [-0.25, -0.2) is 4.98 Å². The van der Waals surface area contributed by atoms with E-state index in [2.05, 4.69) is 11.9 Å². The minimum absolute atomic E-state index is 0.109. The van der Waals surface area contributed by atoms with Crippen LogP contribution < -0.4 is 4.90 Å². The molecule has 3 nitrogen and oxygen atoms in total. The van der Waals surface area contributed by atoms with Crippen molar-refractivity contribution in [2.24, 2.45) is 0 Å². The van der Waals surface area contributed by atoms with E-state index in [1.54, 1.807) is 23.2 Å². The second kappa shape index (κ2) is 7.06. The first kappa shape index (κ1) is 14.5. The lowest BCUT2D eigenvalue weighted by atomic mass is 10.2. The van der Waals surface area contributed by atoms with E-state index in [1.807, 2.05) is 30.3 Å². The van der Waals surface area contributed by atoms with Gasteiger partial charge in [0.05, 0.1) is 5.56 Å². The SMILES string of the molecule is CCCCN(C(=O)c1cccnc1Cl)c1ccccc1. The number of nitrogens with zero attached hydrogens (tertiary/aromatic N) is 2. The predicted octanol–water partition coefficient (Wildman–Crippen LogP) is 4.18. The molecule has 0 N–H and O–H groups in total. The molecule has 1 heterocycles. The second-order valence-corrected chi connectivity index (χ2v) is 4.85. The third kappa shape index (κ3) is 3.36. The highest BCUT2D eigenvalue weighted by Crippen LogP contribution is 2.20. The average molecular weight is 289 g/mol. The number of pyridine rings is 1. The molecule has 0 aliphatic rings. The molecule has 0 spiro atoms. The third-order valence-electron chi connectivity index (χ3n) is 3.04. The molecular formula is C16H17ClN2O. The van der Waals surface area contributed by atoms with Gasteiger partial charge >= 0.3 is 0 Å². The third-order valence-corrected chi connectivity index (χ3v) is 3.34. The van der Waals surface area contributed by atoms with E-state index in [9.17, 15) is 4.79 Å². The first-order valence-electron chi connectivity index (χ1n) is 6.71. The number of carbonyl (C=O) groups is 1. The molecule has 0 bridgehead atoms. The zero-order valence-electron chi connectivity index (χ0n) is 11.4. The highest BCUT2D eigenvalue weighted by molar-refractivity contribution is 6.33. The van der Waals surface area contributed by atoms with E-state index in [0.29, 0.717) is 12.1 Å². The van der Waals surface area contributed by atoms with Crippen LogP contribution in [0.4, 0.5) is 5.69 Å². The Kier molecular flexibility index (Phi) is 5.13. The van der Waals surface area contributed by atoms with Crippen molar-refractivity contribution in [3.63, 3.8) is 0 Å². The maximum absolute atomic E-state index is 12.7. The molecule has 0 fully saturated rings.